The number of hydrogen-bond acceptors (Lipinski definition) is 4. The van der Waals surface area contributed by atoms with Crippen LogP contribution in [0.1, 0.15) is 25.5 Å². The normalized spacial score (nSPS) is 14.8. The van der Waals surface area contributed by atoms with E-state index in [1.54, 1.807) is 18.3 Å². The number of nitrogens with one attached hydrogen (secondary N) is 1. The standard InChI is InChI=1S/C15H21N3O2S/c1-12(13(2)18-10-4-9-17-18)16-11-14-5-7-15(8-6-14)21(3,19)20/h4-10,12-13,16H,11H2,1-3H3. The molecule has 2 atom stereocenters. The summed E-state index contributed by atoms with van der Waals surface area (Å²) in [5.74, 6) is 0. The molecule has 0 aliphatic carbocycles. The van der Waals surface area contributed by atoms with E-state index in [1.807, 2.05) is 29.1 Å². The van der Waals surface area contributed by atoms with Crippen LogP contribution in [-0.4, -0.2) is 30.5 Å². The van der Waals surface area contributed by atoms with Gasteiger partial charge in [0.15, 0.2) is 9.84 Å². The van der Waals surface area contributed by atoms with Gasteiger partial charge in [0.1, 0.15) is 0 Å². The van der Waals surface area contributed by atoms with Crippen LogP contribution in [0.3, 0.4) is 0 Å². The molecule has 1 heterocycles. The Labute approximate surface area is 125 Å². The van der Waals surface area contributed by atoms with Crippen molar-refractivity contribution in [1.29, 1.82) is 0 Å². The summed E-state index contributed by atoms with van der Waals surface area (Å²) < 4.78 is 24.7. The summed E-state index contributed by atoms with van der Waals surface area (Å²) in [6.45, 7) is 4.91. The summed E-state index contributed by atoms with van der Waals surface area (Å²) in [5, 5.41) is 7.68. The molecule has 0 amide bonds. The molecule has 1 aromatic carbocycles. The van der Waals surface area contributed by atoms with Crippen molar-refractivity contribution in [3.8, 4) is 0 Å². The lowest BCUT2D eigenvalue weighted by Gasteiger charge is -2.21. The van der Waals surface area contributed by atoms with E-state index in [9.17, 15) is 8.42 Å². The van der Waals surface area contributed by atoms with Gasteiger partial charge >= 0.3 is 0 Å². The molecular weight excluding hydrogens is 286 g/mol. The van der Waals surface area contributed by atoms with E-state index in [2.05, 4.69) is 24.3 Å². The van der Waals surface area contributed by atoms with Gasteiger partial charge in [0, 0.05) is 31.2 Å². The molecule has 0 aliphatic heterocycles. The minimum atomic E-state index is -3.13. The Kier molecular flexibility index (Phi) is 4.80. The van der Waals surface area contributed by atoms with E-state index in [0.717, 1.165) is 5.56 Å². The van der Waals surface area contributed by atoms with Gasteiger partial charge in [-0.1, -0.05) is 12.1 Å². The van der Waals surface area contributed by atoms with E-state index in [-0.39, 0.29) is 12.1 Å². The molecule has 114 valence electrons. The number of rotatable bonds is 6. The molecule has 6 heteroatoms. The zero-order chi connectivity index (χ0) is 15.5. The summed E-state index contributed by atoms with van der Waals surface area (Å²) in [7, 11) is -3.13. The molecule has 21 heavy (non-hydrogen) atoms. The second kappa shape index (κ2) is 6.41. The molecule has 0 saturated carbocycles. The molecule has 2 rings (SSSR count). The van der Waals surface area contributed by atoms with E-state index in [0.29, 0.717) is 11.4 Å². The zero-order valence-corrected chi connectivity index (χ0v) is 13.3. The van der Waals surface area contributed by atoms with Crippen molar-refractivity contribution in [3.05, 3.63) is 48.3 Å². The maximum Gasteiger partial charge on any atom is 0.175 e. The maximum absolute atomic E-state index is 11.4. The first-order valence-corrected chi connectivity index (χ1v) is 8.78. The van der Waals surface area contributed by atoms with Gasteiger partial charge in [0.25, 0.3) is 0 Å². The van der Waals surface area contributed by atoms with Crippen LogP contribution >= 0.6 is 0 Å². The summed E-state index contributed by atoms with van der Waals surface area (Å²) in [4.78, 5) is 0.351. The topological polar surface area (TPSA) is 64.0 Å². The molecular formula is C15H21N3O2S. The summed E-state index contributed by atoms with van der Waals surface area (Å²) in [5.41, 5.74) is 1.06. The van der Waals surface area contributed by atoms with Gasteiger partial charge in [-0.25, -0.2) is 8.42 Å². The van der Waals surface area contributed by atoms with Crippen molar-refractivity contribution in [3.63, 3.8) is 0 Å². The number of sulfone groups is 1. The Morgan fingerprint density at radius 3 is 2.43 bits per heavy atom. The summed E-state index contributed by atoms with van der Waals surface area (Å²) >= 11 is 0. The third-order valence-corrected chi connectivity index (χ3v) is 4.77. The molecule has 0 radical (unpaired) electrons. The van der Waals surface area contributed by atoms with Gasteiger partial charge in [-0.15, -0.1) is 0 Å². The number of nitrogens with zero attached hydrogens (tertiary/aromatic N) is 2. The molecule has 2 unspecified atom stereocenters. The van der Waals surface area contributed by atoms with Gasteiger partial charge < -0.3 is 5.32 Å². The number of benzene rings is 1. The predicted molar refractivity (Wildman–Crippen MR) is 82.8 cm³/mol. The van der Waals surface area contributed by atoms with Crippen LogP contribution in [0.15, 0.2) is 47.6 Å². The predicted octanol–water partition coefficient (Wildman–Crippen LogP) is 2.03. The van der Waals surface area contributed by atoms with Gasteiger partial charge in [-0.3, -0.25) is 4.68 Å². The molecule has 5 nitrogen and oxygen atoms in total. The minimum Gasteiger partial charge on any atom is -0.308 e. The molecule has 0 spiro atoms. The lowest BCUT2D eigenvalue weighted by atomic mass is 10.1. The van der Waals surface area contributed by atoms with Gasteiger partial charge in [0.05, 0.1) is 10.9 Å². The summed E-state index contributed by atoms with van der Waals surface area (Å²) in [6, 6.07) is 9.38. The average molecular weight is 307 g/mol. The van der Waals surface area contributed by atoms with Crippen LogP contribution < -0.4 is 5.32 Å². The van der Waals surface area contributed by atoms with Crippen LogP contribution in [0.2, 0.25) is 0 Å². The molecule has 2 aromatic rings. The Bertz CT molecular complexity index is 663. The van der Waals surface area contributed by atoms with Crippen molar-refractivity contribution in [2.45, 2.75) is 37.4 Å². The molecule has 0 fully saturated rings. The lowest BCUT2D eigenvalue weighted by Crippen LogP contribution is -2.33. The third-order valence-electron chi connectivity index (χ3n) is 3.65. The lowest BCUT2D eigenvalue weighted by molar-refractivity contribution is 0.365. The molecule has 1 aromatic heterocycles. The zero-order valence-electron chi connectivity index (χ0n) is 12.5. The Balaban J connectivity index is 1.94. The molecule has 1 N–H and O–H groups in total. The highest BCUT2D eigenvalue weighted by atomic mass is 32.2. The molecule has 0 bridgehead atoms. The van der Waals surface area contributed by atoms with Crippen molar-refractivity contribution in [2.24, 2.45) is 0 Å². The fourth-order valence-corrected chi connectivity index (χ4v) is 2.69. The Hall–Kier alpha value is -1.66. The van der Waals surface area contributed by atoms with Crippen LogP contribution in [0.5, 0.6) is 0 Å². The van der Waals surface area contributed by atoms with Crippen molar-refractivity contribution in [2.75, 3.05) is 6.26 Å². The second-order valence-corrected chi connectivity index (χ2v) is 7.33. The fourth-order valence-electron chi connectivity index (χ4n) is 2.05. The Morgan fingerprint density at radius 1 is 1.24 bits per heavy atom. The first kappa shape index (κ1) is 15.7. The van der Waals surface area contributed by atoms with E-state index < -0.39 is 9.84 Å². The number of aromatic nitrogens is 2. The first-order chi connectivity index (χ1) is 9.88. The van der Waals surface area contributed by atoms with E-state index >= 15 is 0 Å². The fraction of sp³-hybridized carbons (Fsp3) is 0.400. The van der Waals surface area contributed by atoms with Crippen molar-refractivity contribution in [1.82, 2.24) is 15.1 Å². The molecule has 0 saturated heterocycles. The van der Waals surface area contributed by atoms with Gasteiger partial charge in [0.2, 0.25) is 0 Å². The number of hydrogen-bond donors (Lipinski definition) is 1. The monoisotopic (exact) mass is 307 g/mol. The van der Waals surface area contributed by atoms with Crippen molar-refractivity contribution >= 4 is 9.84 Å². The quantitative estimate of drug-likeness (QED) is 0.887. The van der Waals surface area contributed by atoms with Crippen LogP contribution in [0.25, 0.3) is 0 Å². The SMILES string of the molecule is CC(NCc1ccc(S(C)(=O)=O)cc1)C(C)n1cccn1. The maximum atomic E-state index is 11.4. The van der Waals surface area contributed by atoms with Gasteiger partial charge in [-0.2, -0.15) is 5.10 Å². The largest absolute Gasteiger partial charge is 0.308 e. The van der Waals surface area contributed by atoms with Gasteiger partial charge in [-0.05, 0) is 37.6 Å². The minimum absolute atomic E-state index is 0.246. The summed E-state index contributed by atoms with van der Waals surface area (Å²) in [6.07, 6.45) is 4.94. The third kappa shape index (κ3) is 4.15. The average Bonchev–Trinajstić information content (AvgIpc) is 2.97. The van der Waals surface area contributed by atoms with Crippen LogP contribution in [0.4, 0.5) is 0 Å². The first-order valence-electron chi connectivity index (χ1n) is 6.89. The Morgan fingerprint density at radius 2 is 1.90 bits per heavy atom. The smallest absolute Gasteiger partial charge is 0.175 e. The highest BCUT2D eigenvalue weighted by Gasteiger charge is 2.13. The highest BCUT2D eigenvalue weighted by Crippen LogP contribution is 2.12. The molecule has 0 aliphatic rings. The van der Waals surface area contributed by atoms with E-state index in [4.69, 9.17) is 0 Å². The van der Waals surface area contributed by atoms with E-state index in [1.165, 1.54) is 6.26 Å². The highest BCUT2D eigenvalue weighted by molar-refractivity contribution is 7.90. The van der Waals surface area contributed by atoms with Crippen molar-refractivity contribution < 1.29 is 8.42 Å². The second-order valence-electron chi connectivity index (χ2n) is 5.31. The van der Waals surface area contributed by atoms with Crippen LogP contribution in [0, 0.1) is 0 Å². The van der Waals surface area contributed by atoms with Crippen LogP contribution in [-0.2, 0) is 16.4 Å².